The zero-order valence-electron chi connectivity index (χ0n) is 22.2. The highest BCUT2D eigenvalue weighted by molar-refractivity contribution is 6.30. The third-order valence-electron chi connectivity index (χ3n) is 7.91. The molecule has 3 aliphatic rings. The van der Waals surface area contributed by atoms with Gasteiger partial charge in [-0.2, -0.15) is 4.98 Å². The van der Waals surface area contributed by atoms with Gasteiger partial charge in [0.2, 0.25) is 5.95 Å². The number of fused-ring (bicyclic) bond motifs is 1. The van der Waals surface area contributed by atoms with Crippen LogP contribution in [-0.4, -0.2) is 65.1 Å². The molecule has 2 saturated heterocycles. The number of carbonyl (C=O) groups is 1. The molecule has 0 spiro atoms. The summed E-state index contributed by atoms with van der Waals surface area (Å²) in [6.45, 7) is 5.54. The topological polar surface area (TPSA) is 116 Å². The van der Waals surface area contributed by atoms with Gasteiger partial charge in [-0.3, -0.25) is 5.32 Å². The Hall–Kier alpha value is -2.99. The number of rotatable bonds is 7. The average molecular weight is 556 g/mol. The molecule has 2 N–H and O–H groups in total. The van der Waals surface area contributed by atoms with Gasteiger partial charge in [0.1, 0.15) is 11.2 Å². The van der Waals surface area contributed by atoms with Crippen LogP contribution in [0, 0.1) is 11.8 Å². The first kappa shape index (κ1) is 26.2. The van der Waals surface area contributed by atoms with Gasteiger partial charge in [0.15, 0.2) is 17.6 Å². The van der Waals surface area contributed by atoms with Crippen LogP contribution in [0.25, 0.3) is 22.4 Å². The molecule has 1 amide bonds. The number of nitrogens with one attached hydrogen (secondary N) is 2. The fourth-order valence-corrected chi connectivity index (χ4v) is 6.02. The summed E-state index contributed by atoms with van der Waals surface area (Å²) in [5.74, 6) is 2.48. The minimum absolute atomic E-state index is 0.0249. The van der Waals surface area contributed by atoms with Crippen molar-refractivity contribution >= 4 is 34.8 Å². The minimum atomic E-state index is -0.696. The van der Waals surface area contributed by atoms with Crippen LogP contribution in [0.5, 0.6) is 0 Å². The minimum Gasteiger partial charge on any atom is -0.382 e. The maximum atomic E-state index is 11.8. The summed E-state index contributed by atoms with van der Waals surface area (Å²) in [6.07, 6.45) is 3.52. The predicted molar refractivity (Wildman–Crippen MR) is 146 cm³/mol. The van der Waals surface area contributed by atoms with E-state index < -0.39 is 12.3 Å². The van der Waals surface area contributed by atoms with E-state index in [9.17, 15) is 4.79 Å². The Kier molecular flexibility index (Phi) is 7.57. The number of aromatic nitrogens is 4. The molecule has 1 saturated carbocycles. The molecular formula is C27H34ClN7O4. The number of morpholine rings is 1. The number of amides is 1. The van der Waals surface area contributed by atoms with E-state index in [0.717, 1.165) is 29.5 Å². The molecule has 2 aliphatic heterocycles. The normalized spacial score (nSPS) is 25.6. The van der Waals surface area contributed by atoms with E-state index in [0.29, 0.717) is 54.5 Å². The number of halogens is 1. The van der Waals surface area contributed by atoms with Crippen LogP contribution in [0.4, 0.5) is 10.7 Å². The van der Waals surface area contributed by atoms with E-state index in [-0.39, 0.29) is 6.04 Å². The fraction of sp³-hybridized carbons (Fsp3) is 0.556. The molecule has 1 aromatic carbocycles. The molecule has 2 atom stereocenters. The quantitative estimate of drug-likeness (QED) is 0.445. The Labute approximate surface area is 232 Å². The van der Waals surface area contributed by atoms with Gasteiger partial charge in [-0.05, 0) is 36.8 Å². The highest BCUT2D eigenvalue weighted by Gasteiger charge is 2.33. The monoisotopic (exact) mass is 555 g/mol. The van der Waals surface area contributed by atoms with Crippen molar-refractivity contribution < 1.29 is 19.1 Å². The molecular weight excluding hydrogens is 522 g/mol. The van der Waals surface area contributed by atoms with Crippen molar-refractivity contribution in [1.82, 2.24) is 30.3 Å². The van der Waals surface area contributed by atoms with Crippen LogP contribution >= 0.6 is 11.6 Å². The van der Waals surface area contributed by atoms with Gasteiger partial charge in [-0.25, -0.2) is 14.8 Å². The lowest BCUT2D eigenvalue weighted by Crippen LogP contribution is -2.49. The third kappa shape index (κ3) is 5.41. The number of benzene rings is 1. The molecule has 4 heterocycles. The second-order valence-corrected chi connectivity index (χ2v) is 11.2. The summed E-state index contributed by atoms with van der Waals surface area (Å²) in [6, 6.07) is 7.65. The molecule has 0 radical (unpaired) electrons. The number of hydroxylamine groups is 1. The lowest BCUT2D eigenvalue weighted by Gasteiger charge is -2.37. The average Bonchev–Trinajstić information content (AvgIpc) is 3.53. The molecule has 11 nitrogen and oxygen atoms in total. The molecule has 0 bridgehead atoms. The number of anilines is 1. The molecule has 1 aliphatic carbocycles. The van der Waals surface area contributed by atoms with E-state index in [2.05, 4.69) is 27.2 Å². The van der Waals surface area contributed by atoms with E-state index in [4.69, 9.17) is 40.9 Å². The molecule has 208 valence electrons. The first-order valence-electron chi connectivity index (χ1n) is 13.6. The number of methoxy groups -OCH3 is 1. The van der Waals surface area contributed by atoms with Gasteiger partial charge < -0.3 is 23.8 Å². The summed E-state index contributed by atoms with van der Waals surface area (Å²) in [5, 5.41) is 3.31. The summed E-state index contributed by atoms with van der Waals surface area (Å²) < 4.78 is 13.6. The van der Waals surface area contributed by atoms with Gasteiger partial charge in [0.05, 0.1) is 25.9 Å². The standard InChI is InChI=1S/C27H34ClN7O4/c1-16-6-8-17(9-7-16)13-35-22-21(18-4-3-5-19(28)12-18)29-24(25-32-27(36)39-33-25)30-23(22)31-26(35)34-10-11-38-15-20(34)14-37-2/h3-5,12,16-17,20,25,33H,6-11,13-15H2,1-2H3,(H,32,36)/t16?,17?,20-,25?/m1/s1. The van der Waals surface area contributed by atoms with E-state index in [1.807, 2.05) is 24.3 Å². The van der Waals surface area contributed by atoms with Crippen molar-refractivity contribution in [2.45, 2.75) is 51.4 Å². The Bertz CT molecular complexity index is 1340. The lowest BCUT2D eigenvalue weighted by atomic mass is 9.83. The number of hydrogen-bond acceptors (Lipinski definition) is 9. The third-order valence-corrected chi connectivity index (χ3v) is 8.14. The van der Waals surface area contributed by atoms with E-state index >= 15 is 0 Å². The summed E-state index contributed by atoms with van der Waals surface area (Å²) in [7, 11) is 1.71. The van der Waals surface area contributed by atoms with Crippen LogP contribution in [0.2, 0.25) is 5.02 Å². The van der Waals surface area contributed by atoms with Gasteiger partial charge in [-0.1, -0.05) is 43.5 Å². The first-order valence-corrected chi connectivity index (χ1v) is 14.0. The molecule has 39 heavy (non-hydrogen) atoms. The molecule has 1 unspecified atom stereocenters. The molecule has 12 heteroatoms. The van der Waals surface area contributed by atoms with Crippen molar-refractivity contribution in [3.63, 3.8) is 0 Å². The van der Waals surface area contributed by atoms with Crippen LogP contribution < -0.4 is 15.7 Å². The Morgan fingerprint density at radius 1 is 1.18 bits per heavy atom. The molecule has 6 rings (SSSR count). The van der Waals surface area contributed by atoms with Crippen molar-refractivity contribution in [2.24, 2.45) is 11.8 Å². The highest BCUT2D eigenvalue weighted by atomic mass is 35.5. The number of nitrogens with zero attached hydrogens (tertiary/aromatic N) is 5. The number of ether oxygens (including phenoxy) is 2. The maximum Gasteiger partial charge on any atom is 0.427 e. The molecule has 3 aromatic rings. The zero-order chi connectivity index (χ0) is 26.9. The van der Waals surface area contributed by atoms with Crippen LogP contribution in [-0.2, 0) is 20.9 Å². The van der Waals surface area contributed by atoms with Gasteiger partial charge in [-0.15, -0.1) is 5.48 Å². The second-order valence-electron chi connectivity index (χ2n) is 10.7. The summed E-state index contributed by atoms with van der Waals surface area (Å²) in [4.78, 5) is 33.9. The predicted octanol–water partition coefficient (Wildman–Crippen LogP) is 4.07. The van der Waals surface area contributed by atoms with Crippen LogP contribution in [0.15, 0.2) is 24.3 Å². The van der Waals surface area contributed by atoms with Gasteiger partial charge in [0.25, 0.3) is 0 Å². The highest BCUT2D eigenvalue weighted by Crippen LogP contribution is 2.36. The Morgan fingerprint density at radius 2 is 2.03 bits per heavy atom. The second kappa shape index (κ2) is 11.2. The lowest BCUT2D eigenvalue weighted by molar-refractivity contribution is 0.0589. The van der Waals surface area contributed by atoms with Crippen molar-refractivity contribution in [3.05, 3.63) is 35.1 Å². The number of hydrogen-bond donors (Lipinski definition) is 2. The fourth-order valence-electron chi connectivity index (χ4n) is 5.82. The zero-order valence-corrected chi connectivity index (χ0v) is 23.0. The largest absolute Gasteiger partial charge is 0.427 e. The number of imidazole rings is 1. The van der Waals surface area contributed by atoms with Crippen LogP contribution in [0.1, 0.15) is 44.6 Å². The summed E-state index contributed by atoms with van der Waals surface area (Å²) >= 11 is 6.43. The van der Waals surface area contributed by atoms with Crippen molar-refractivity contribution in [3.8, 4) is 11.3 Å². The molecule has 2 aromatic heterocycles. The van der Waals surface area contributed by atoms with E-state index in [1.54, 1.807) is 7.11 Å². The smallest absolute Gasteiger partial charge is 0.382 e. The van der Waals surface area contributed by atoms with Crippen molar-refractivity contribution in [2.75, 3.05) is 38.4 Å². The van der Waals surface area contributed by atoms with Gasteiger partial charge >= 0.3 is 6.09 Å². The number of carbonyl (C=O) groups excluding carboxylic acids is 1. The maximum absolute atomic E-state index is 11.8. The first-order chi connectivity index (χ1) is 19.0. The Morgan fingerprint density at radius 3 is 2.77 bits per heavy atom. The van der Waals surface area contributed by atoms with Crippen LogP contribution in [0.3, 0.4) is 0 Å². The van der Waals surface area contributed by atoms with Crippen molar-refractivity contribution in [1.29, 1.82) is 0 Å². The summed E-state index contributed by atoms with van der Waals surface area (Å²) in [5.41, 5.74) is 5.63. The van der Waals surface area contributed by atoms with Gasteiger partial charge in [0, 0.05) is 30.8 Å². The molecule has 3 fully saturated rings. The SMILES string of the molecule is COC[C@@H]1COCCN1c1nc2nc(C3NOC(=O)N3)nc(-c3cccc(Cl)c3)c2n1CC1CCC(C)CC1. The Balaban J connectivity index is 1.54. The van der Waals surface area contributed by atoms with E-state index in [1.165, 1.54) is 25.7 Å².